The van der Waals surface area contributed by atoms with Gasteiger partial charge >= 0.3 is 0 Å². The van der Waals surface area contributed by atoms with Gasteiger partial charge < -0.3 is 0 Å². The Kier molecular flexibility index (Phi) is 8.14. The lowest BCUT2D eigenvalue weighted by Gasteiger charge is -2.19. The first kappa shape index (κ1) is 18.0. The molecule has 0 aliphatic carbocycles. The molecule has 0 unspecified atom stereocenters. The summed E-state index contributed by atoms with van der Waals surface area (Å²) < 4.78 is 0. The number of nitrogens with zero attached hydrogens (tertiary/aromatic N) is 1. The normalized spacial score (nSPS) is 11.4. The first-order chi connectivity index (χ1) is 11.4. The van der Waals surface area contributed by atoms with Crippen molar-refractivity contribution < 1.29 is 0 Å². The average Bonchev–Trinajstić information content (AvgIpc) is 2.60. The molecule has 23 heavy (non-hydrogen) atoms. The second-order valence-corrected chi connectivity index (χ2v) is 6.81. The minimum Gasteiger partial charge on any atom is -0.256 e. The van der Waals surface area contributed by atoms with Crippen LogP contribution in [0.2, 0.25) is 0 Å². The molecule has 0 N–H and O–H groups in total. The molecule has 0 bridgehead atoms. The Morgan fingerprint density at radius 3 is 2.09 bits per heavy atom. The molecule has 0 atom stereocenters. The van der Waals surface area contributed by atoms with E-state index in [1.54, 1.807) is 0 Å². The van der Waals surface area contributed by atoms with Crippen molar-refractivity contribution in [1.82, 2.24) is 4.98 Å². The lowest BCUT2D eigenvalue weighted by atomic mass is 9.86. The van der Waals surface area contributed by atoms with Crippen molar-refractivity contribution in [1.29, 1.82) is 0 Å². The van der Waals surface area contributed by atoms with Crippen molar-refractivity contribution in [2.45, 2.75) is 84.0 Å². The van der Waals surface area contributed by atoms with Crippen LogP contribution >= 0.6 is 0 Å². The smallest absolute Gasteiger partial charge is 0.0704 e. The van der Waals surface area contributed by atoms with Crippen LogP contribution in [0.25, 0.3) is 10.9 Å². The van der Waals surface area contributed by atoms with Crippen LogP contribution in [-0.4, -0.2) is 4.98 Å². The van der Waals surface area contributed by atoms with Gasteiger partial charge in [-0.2, -0.15) is 0 Å². The van der Waals surface area contributed by atoms with Gasteiger partial charge in [0.15, 0.2) is 0 Å². The van der Waals surface area contributed by atoms with Crippen molar-refractivity contribution in [3.05, 3.63) is 42.1 Å². The quantitative estimate of drug-likeness (QED) is 0.398. The number of para-hydroxylation sites is 1. The largest absolute Gasteiger partial charge is 0.256 e. The summed E-state index contributed by atoms with van der Waals surface area (Å²) in [6, 6.07) is 10.9. The first-order valence-corrected chi connectivity index (χ1v) is 9.70. The molecule has 0 aliphatic rings. The molecule has 0 spiro atoms. The lowest BCUT2D eigenvalue weighted by molar-refractivity contribution is 0.498. The van der Waals surface area contributed by atoms with Gasteiger partial charge in [-0.15, -0.1) is 0 Å². The van der Waals surface area contributed by atoms with Crippen LogP contribution in [0, 0.1) is 0 Å². The fraction of sp³-hybridized carbons (Fsp3) is 0.591. The second-order valence-electron chi connectivity index (χ2n) is 6.81. The third-order valence-corrected chi connectivity index (χ3v) is 4.93. The summed E-state index contributed by atoms with van der Waals surface area (Å²) in [6.45, 7) is 4.58. The average molecular weight is 312 g/mol. The van der Waals surface area contributed by atoms with Gasteiger partial charge in [-0.1, -0.05) is 83.4 Å². The van der Waals surface area contributed by atoms with Crippen LogP contribution in [0.5, 0.6) is 0 Å². The summed E-state index contributed by atoms with van der Waals surface area (Å²) in [5, 5.41) is 1.37. The third-order valence-electron chi connectivity index (χ3n) is 4.93. The minimum absolute atomic E-state index is 0.705. The predicted octanol–water partition coefficient (Wildman–Crippen LogP) is 7.26. The van der Waals surface area contributed by atoms with E-state index < -0.39 is 0 Å². The molecule has 1 nitrogen and oxygen atoms in total. The van der Waals surface area contributed by atoms with Gasteiger partial charge in [0, 0.05) is 11.6 Å². The summed E-state index contributed by atoms with van der Waals surface area (Å²) >= 11 is 0. The summed E-state index contributed by atoms with van der Waals surface area (Å²) in [6.07, 6.45) is 15.5. The molecular weight excluding hydrogens is 278 g/mol. The van der Waals surface area contributed by atoms with E-state index in [0.717, 1.165) is 5.52 Å². The van der Waals surface area contributed by atoms with E-state index >= 15 is 0 Å². The molecule has 0 saturated heterocycles. The van der Waals surface area contributed by atoms with E-state index in [0.29, 0.717) is 5.92 Å². The van der Waals surface area contributed by atoms with Gasteiger partial charge in [-0.3, -0.25) is 4.98 Å². The maximum absolute atomic E-state index is 4.54. The highest BCUT2D eigenvalue weighted by atomic mass is 14.6. The van der Waals surface area contributed by atoms with Crippen LogP contribution < -0.4 is 0 Å². The van der Waals surface area contributed by atoms with E-state index in [2.05, 4.69) is 49.2 Å². The zero-order valence-electron chi connectivity index (χ0n) is 15.1. The zero-order chi connectivity index (χ0) is 16.3. The SMILES string of the molecule is CCCCCCC(CCCCCC)c1ccnc2ccccc12. The highest BCUT2D eigenvalue weighted by Crippen LogP contribution is 2.32. The van der Waals surface area contributed by atoms with Crippen molar-refractivity contribution in [3.8, 4) is 0 Å². The van der Waals surface area contributed by atoms with E-state index in [4.69, 9.17) is 0 Å². The summed E-state index contributed by atoms with van der Waals surface area (Å²) in [5.74, 6) is 0.705. The fourth-order valence-electron chi connectivity index (χ4n) is 3.56. The van der Waals surface area contributed by atoms with E-state index in [1.807, 2.05) is 6.20 Å². The molecule has 0 saturated carbocycles. The molecule has 2 rings (SSSR count). The summed E-state index contributed by atoms with van der Waals surface area (Å²) in [7, 11) is 0. The molecule has 0 amide bonds. The van der Waals surface area contributed by atoms with Crippen molar-refractivity contribution in [2.24, 2.45) is 0 Å². The topological polar surface area (TPSA) is 12.9 Å². The molecule has 1 aromatic heterocycles. The van der Waals surface area contributed by atoms with Crippen LogP contribution in [0.3, 0.4) is 0 Å². The van der Waals surface area contributed by atoms with Gasteiger partial charge in [0.1, 0.15) is 0 Å². The Bertz CT molecular complexity index is 543. The van der Waals surface area contributed by atoms with Gasteiger partial charge in [-0.05, 0) is 36.5 Å². The third kappa shape index (κ3) is 5.64. The van der Waals surface area contributed by atoms with Gasteiger partial charge in [0.2, 0.25) is 0 Å². The predicted molar refractivity (Wildman–Crippen MR) is 102 cm³/mol. The van der Waals surface area contributed by atoms with E-state index in [9.17, 15) is 0 Å². The van der Waals surface area contributed by atoms with Crippen LogP contribution in [0.1, 0.15) is 89.5 Å². The Balaban J connectivity index is 2.09. The molecular formula is C22H33N. The molecule has 2 aromatic rings. The van der Waals surface area contributed by atoms with E-state index in [1.165, 1.54) is 75.2 Å². The highest BCUT2D eigenvalue weighted by molar-refractivity contribution is 5.82. The first-order valence-electron chi connectivity index (χ1n) is 9.70. The monoisotopic (exact) mass is 311 g/mol. The standard InChI is InChI=1S/C22H33N/c1-3-5-7-9-13-19(14-10-8-6-4-2)20-17-18-23-22-16-12-11-15-21(20)22/h11-12,15-19H,3-10,13-14H2,1-2H3. The number of fused-ring (bicyclic) bond motifs is 1. The van der Waals surface area contributed by atoms with Crippen LogP contribution in [0.15, 0.2) is 36.5 Å². The molecule has 126 valence electrons. The number of hydrogen-bond acceptors (Lipinski definition) is 1. The lowest BCUT2D eigenvalue weighted by Crippen LogP contribution is -2.01. The summed E-state index contributed by atoms with van der Waals surface area (Å²) in [5.41, 5.74) is 2.68. The Labute approximate surface area is 142 Å². The number of aromatic nitrogens is 1. The fourth-order valence-corrected chi connectivity index (χ4v) is 3.56. The molecule has 1 aromatic carbocycles. The Hall–Kier alpha value is -1.37. The molecule has 1 heteroatoms. The molecule has 1 heterocycles. The number of unbranched alkanes of at least 4 members (excludes halogenated alkanes) is 6. The van der Waals surface area contributed by atoms with Crippen molar-refractivity contribution >= 4 is 10.9 Å². The number of hydrogen-bond donors (Lipinski definition) is 0. The molecule has 0 radical (unpaired) electrons. The maximum atomic E-state index is 4.54. The van der Waals surface area contributed by atoms with Gasteiger partial charge in [0.05, 0.1) is 5.52 Å². The van der Waals surface area contributed by atoms with Gasteiger partial charge in [0.25, 0.3) is 0 Å². The number of pyridine rings is 1. The van der Waals surface area contributed by atoms with E-state index in [-0.39, 0.29) is 0 Å². The summed E-state index contributed by atoms with van der Waals surface area (Å²) in [4.78, 5) is 4.54. The Morgan fingerprint density at radius 2 is 1.43 bits per heavy atom. The Morgan fingerprint density at radius 1 is 0.783 bits per heavy atom. The second kappa shape index (κ2) is 10.4. The zero-order valence-corrected chi connectivity index (χ0v) is 15.1. The number of rotatable bonds is 11. The molecule has 0 aliphatic heterocycles. The van der Waals surface area contributed by atoms with Crippen molar-refractivity contribution in [3.63, 3.8) is 0 Å². The van der Waals surface area contributed by atoms with Crippen LogP contribution in [-0.2, 0) is 0 Å². The van der Waals surface area contributed by atoms with Crippen LogP contribution in [0.4, 0.5) is 0 Å². The maximum Gasteiger partial charge on any atom is 0.0704 e. The highest BCUT2D eigenvalue weighted by Gasteiger charge is 2.14. The molecule has 0 fully saturated rings. The minimum atomic E-state index is 0.705. The van der Waals surface area contributed by atoms with Gasteiger partial charge in [-0.25, -0.2) is 0 Å². The number of benzene rings is 1. The van der Waals surface area contributed by atoms with Crippen molar-refractivity contribution in [2.75, 3.05) is 0 Å².